The lowest BCUT2D eigenvalue weighted by molar-refractivity contribution is 0.660. The van der Waals surface area contributed by atoms with E-state index in [0.717, 1.165) is 17.1 Å². The van der Waals surface area contributed by atoms with Crippen molar-refractivity contribution in [3.05, 3.63) is 223 Å². The minimum Gasteiger partial charge on any atom is -0.310 e. The molecule has 0 amide bonds. The van der Waals surface area contributed by atoms with Crippen molar-refractivity contribution in [3.63, 3.8) is 0 Å². The van der Waals surface area contributed by atoms with Gasteiger partial charge in [0.05, 0.1) is 0 Å². The summed E-state index contributed by atoms with van der Waals surface area (Å²) in [6.07, 6.45) is 0. The highest BCUT2D eigenvalue weighted by atomic mass is 15.1. The van der Waals surface area contributed by atoms with Gasteiger partial charge in [-0.3, -0.25) is 0 Å². The Morgan fingerprint density at radius 2 is 0.719 bits per heavy atom. The Labute approximate surface area is 336 Å². The molecule has 0 fully saturated rings. The van der Waals surface area contributed by atoms with E-state index >= 15 is 0 Å². The molecule has 0 aromatic heterocycles. The zero-order valence-corrected chi connectivity index (χ0v) is 32.6. The minimum atomic E-state index is -0.171. The molecule has 272 valence electrons. The predicted octanol–water partition coefficient (Wildman–Crippen LogP) is 15.6. The molecule has 0 heterocycles. The smallest absolute Gasteiger partial charge is 0.0465 e. The van der Waals surface area contributed by atoms with Crippen molar-refractivity contribution in [2.45, 2.75) is 26.2 Å². The maximum Gasteiger partial charge on any atom is 0.0465 e. The van der Waals surface area contributed by atoms with Crippen LogP contribution in [0.1, 0.15) is 30.5 Å². The van der Waals surface area contributed by atoms with Crippen molar-refractivity contribution in [1.82, 2.24) is 0 Å². The molecular formula is C56H43N. The minimum absolute atomic E-state index is 0.171. The van der Waals surface area contributed by atoms with E-state index in [4.69, 9.17) is 0 Å². The molecule has 1 aliphatic rings. The van der Waals surface area contributed by atoms with Gasteiger partial charge in [-0.15, -0.1) is 0 Å². The molecule has 0 N–H and O–H groups in total. The number of aryl methyl sites for hydroxylation is 1. The first-order valence-electron chi connectivity index (χ1n) is 19.9. The fraction of sp³-hybridized carbons (Fsp3) is 0.0714. The summed E-state index contributed by atoms with van der Waals surface area (Å²) in [6, 6.07) is 75.7. The van der Waals surface area contributed by atoms with Crippen LogP contribution in [-0.4, -0.2) is 0 Å². The highest BCUT2D eigenvalue weighted by Crippen LogP contribution is 2.51. The lowest BCUT2D eigenvalue weighted by atomic mass is 9.81. The molecule has 1 nitrogen and oxygen atoms in total. The van der Waals surface area contributed by atoms with Crippen LogP contribution in [0.5, 0.6) is 0 Å². The Kier molecular flexibility index (Phi) is 8.46. The van der Waals surface area contributed by atoms with Gasteiger partial charge in [0.1, 0.15) is 0 Å². The summed E-state index contributed by atoms with van der Waals surface area (Å²) in [5, 5.41) is 2.52. The van der Waals surface area contributed by atoms with Gasteiger partial charge < -0.3 is 4.90 Å². The highest BCUT2D eigenvalue weighted by molar-refractivity contribution is 5.89. The van der Waals surface area contributed by atoms with Gasteiger partial charge in [-0.25, -0.2) is 0 Å². The van der Waals surface area contributed by atoms with Crippen LogP contribution < -0.4 is 4.90 Å². The largest absolute Gasteiger partial charge is 0.310 e. The van der Waals surface area contributed by atoms with E-state index in [-0.39, 0.29) is 5.41 Å². The topological polar surface area (TPSA) is 3.24 Å². The number of rotatable bonds is 7. The summed E-state index contributed by atoms with van der Waals surface area (Å²) < 4.78 is 0. The van der Waals surface area contributed by atoms with E-state index in [0.29, 0.717) is 0 Å². The quantitative estimate of drug-likeness (QED) is 0.158. The SMILES string of the molecule is Cc1ccc(N(c2ccc(-c3ccc4ccccc4c3)cc2)c2ccc3c(c2)C(C)(C)c2cc(-c4ccc(-c5ccc(-c6ccccc6)cc5)cc4)ccc2-3)cc1. The van der Waals surface area contributed by atoms with Crippen molar-refractivity contribution >= 4 is 27.8 Å². The van der Waals surface area contributed by atoms with E-state index in [1.807, 2.05) is 0 Å². The molecule has 0 atom stereocenters. The first kappa shape index (κ1) is 34.5. The van der Waals surface area contributed by atoms with Crippen LogP contribution in [-0.2, 0) is 5.41 Å². The average Bonchev–Trinajstić information content (AvgIpc) is 3.49. The van der Waals surface area contributed by atoms with Gasteiger partial charge in [0, 0.05) is 22.5 Å². The number of hydrogen-bond donors (Lipinski definition) is 0. The second-order valence-corrected chi connectivity index (χ2v) is 15.9. The molecule has 10 rings (SSSR count). The van der Waals surface area contributed by atoms with E-state index < -0.39 is 0 Å². The van der Waals surface area contributed by atoms with Gasteiger partial charge >= 0.3 is 0 Å². The van der Waals surface area contributed by atoms with E-state index in [9.17, 15) is 0 Å². The Morgan fingerprint density at radius 3 is 1.33 bits per heavy atom. The standard InChI is InChI=1S/C56H43N/c1-38-13-28-49(29-14-38)57(50-30-25-45(26-31-50)47-24-23-40-11-7-8-12-46(40)35-47)51-32-34-53-52-33-27-48(36-54(52)56(2,3)55(53)37-51)44-21-19-43(20-22-44)42-17-15-41(16-18-42)39-9-5-4-6-10-39/h4-37H,1-3H3. The molecule has 1 heteroatoms. The van der Waals surface area contributed by atoms with Crippen LogP contribution in [0.15, 0.2) is 206 Å². The molecular weight excluding hydrogens is 687 g/mol. The first-order valence-corrected chi connectivity index (χ1v) is 19.9. The number of anilines is 3. The summed E-state index contributed by atoms with van der Waals surface area (Å²) in [6.45, 7) is 6.90. The zero-order valence-electron chi connectivity index (χ0n) is 32.6. The number of nitrogens with zero attached hydrogens (tertiary/aromatic N) is 1. The Morgan fingerprint density at radius 1 is 0.316 bits per heavy atom. The molecule has 1 aliphatic carbocycles. The lowest BCUT2D eigenvalue weighted by Crippen LogP contribution is -2.16. The third-order valence-corrected chi connectivity index (χ3v) is 12.0. The first-order chi connectivity index (χ1) is 27.9. The summed E-state index contributed by atoms with van der Waals surface area (Å²) in [5.74, 6) is 0. The molecule has 0 aliphatic heterocycles. The van der Waals surface area contributed by atoms with E-state index in [2.05, 4.69) is 232 Å². The zero-order chi connectivity index (χ0) is 38.5. The molecule has 9 aromatic carbocycles. The molecule has 0 radical (unpaired) electrons. The maximum atomic E-state index is 2.42. The molecule has 0 unspecified atom stereocenters. The molecule has 9 aromatic rings. The van der Waals surface area contributed by atoms with Crippen LogP contribution in [0, 0.1) is 6.92 Å². The van der Waals surface area contributed by atoms with Crippen molar-refractivity contribution in [1.29, 1.82) is 0 Å². The normalized spacial score (nSPS) is 12.6. The van der Waals surface area contributed by atoms with Crippen molar-refractivity contribution in [2.24, 2.45) is 0 Å². The van der Waals surface area contributed by atoms with Crippen LogP contribution in [0.25, 0.3) is 66.4 Å². The Balaban J connectivity index is 0.953. The monoisotopic (exact) mass is 729 g/mol. The summed E-state index contributed by atoms with van der Waals surface area (Å²) in [5.41, 5.74) is 19.7. The Hall–Kier alpha value is -6.96. The molecule has 0 saturated heterocycles. The molecule has 0 bridgehead atoms. The summed E-state index contributed by atoms with van der Waals surface area (Å²) >= 11 is 0. The van der Waals surface area contributed by atoms with Crippen LogP contribution in [0.2, 0.25) is 0 Å². The van der Waals surface area contributed by atoms with E-state index in [1.165, 1.54) is 83.1 Å². The van der Waals surface area contributed by atoms with Crippen molar-refractivity contribution in [3.8, 4) is 55.6 Å². The van der Waals surface area contributed by atoms with Gasteiger partial charge in [-0.2, -0.15) is 0 Å². The van der Waals surface area contributed by atoms with Gasteiger partial charge in [0.25, 0.3) is 0 Å². The van der Waals surface area contributed by atoms with Crippen molar-refractivity contribution < 1.29 is 0 Å². The number of fused-ring (bicyclic) bond motifs is 4. The Bertz CT molecular complexity index is 2880. The molecule has 0 spiro atoms. The van der Waals surface area contributed by atoms with Gasteiger partial charge in [-0.05, 0) is 133 Å². The number of benzene rings is 9. The summed E-state index contributed by atoms with van der Waals surface area (Å²) in [7, 11) is 0. The number of hydrogen-bond acceptors (Lipinski definition) is 1. The van der Waals surface area contributed by atoms with Crippen molar-refractivity contribution in [2.75, 3.05) is 4.90 Å². The van der Waals surface area contributed by atoms with Gasteiger partial charge in [-0.1, -0.05) is 177 Å². The highest BCUT2D eigenvalue weighted by Gasteiger charge is 2.36. The second-order valence-electron chi connectivity index (χ2n) is 15.9. The van der Waals surface area contributed by atoms with Crippen LogP contribution in [0.4, 0.5) is 17.1 Å². The fourth-order valence-electron chi connectivity index (χ4n) is 8.70. The van der Waals surface area contributed by atoms with E-state index in [1.54, 1.807) is 0 Å². The molecule has 57 heavy (non-hydrogen) atoms. The third-order valence-electron chi connectivity index (χ3n) is 12.0. The fourth-order valence-corrected chi connectivity index (χ4v) is 8.70. The lowest BCUT2D eigenvalue weighted by Gasteiger charge is -2.28. The second kappa shape index (κ2) is 14.0. The maximum absolute atomic E-state index is 2.42. The summed E-state index contributed by atoms with van der Waals surface area (Å²) in [4.78, 5) is 2.39. The van der Waals surface area contributed by atoms with Gasteiger partial charge in [0.2, 0.25) is 0 Å². The predicted molar refractivity (Wildman–Crippen MR) is 243 cm³/mol. The molecule has 0 saturated carbocycles. The van der Waals surface area contributed by atoms with Crippen LogP contribution in [0.3, 0.4) is 0 Å². The average molecular weight is 730 g/mol. The third kappa shape index (κ3) is 6.32. The van der Waals surface area contributed by atoms with Gasteiger partial charge in [0.15, 0.2) is 0 Å². The van der Waals surface area contributed by atoms with Crippen LogP contribution >= 0.6 is 0 Å².